The van der Waals surface area contributed by atoms with E-state index in [4.69, 9.17) is 47.4 Å². The van der Waals surface area contributed by atoms with Gasteiger partial charge in [-0.3, -0.25) is 19.4 Å². The van der Waals surface area contributed by atoms with Crippen molar-refractivity contribution in [2.45, 2.75) is 11.8 Å². The van der Waals surface area contributed by atoms with Crippen molar-refractivity contribution in [2.24, 2.45) is 0 Å². The highest BCUT2D eigenvalue weighted by Gasteiger charge is 2.40. The molecule has 0 saturated carbocycles. The number of nitrogens with one attached hydrogen (secondary N) is 1. The van der Waals surface area contributed by atoms with Crippen molar-refractivity contribution < 1.29 is 70.2 Å². The van der Waals surface area contributed by atoms with Crippen LogP contribution in [0.4, 0.5) is 9.93 Å². The number of benzene rings is 1. The summed E-state index contributed by atoms with van der Waals surface area (Å²) in [5.74, 6) is -1.56. The van der Waals surface area contributed by atoms with Gasteiger partial charge < -0.3 is 47.4 Å². The van der Waals surface area contributed by atoms with Crippen molar-refractivity contribution in [1.29, 1.82) is 0 Å². The molecule has 58 heavy (non-hydrogen) atoms. The molecule has 0 radical (unpaired) electrons. The smallest absolute Gasteiger partial charge is 0.460 e. The fraction of sp³-hybridized carbons (Fsp3) is 0.486. The monoisotopic (exact) mass is 852 g/mol. The van der Waals surface area contributed by atoms with Gasteiger partial charge in [0.25, 0.3) is 15.9 Å². The first kappa shape index (κ1) is 46.1. The van der Waals surface area contributed by atoms with Gasteiger partial charge in [-0.15, -0.1) is 11.3 Å². The summed E-state index contributed by atoms with van der Waals surface area (Å²) in [4.78, 5) is 46.4. The molecule has 1 aromatic carbocycles. The van der Waals surface area contributed by atoms with Crippen LogP contribution in [-0.2, 0) is 62.2 Å². The van der Waals surface area contributed by atoms with Crippen LogP contribution >= 0.6 is 11.3 Å². The summed E-state index contributed by atoms with van der Waals surface area (Å²) in [5, 5.41) is 2.81. The summed E-state index contributed by atoms with van der Waals surface area (Å²) in [6.45, 7) is 6.54. The van der Waals surface area contributed by atoms with E-state index in [-0.39, 0.29) is 61.0 Å². The average molecular weight is 853 g/mol. The molecule has 0 aliphatic carbocycles. The number of hydrogen-bond donors (Lipinski definition) is 1. The number of carbonyl (C=O) groups is 3. The lowest BCUT2D eigenvalue weighted by Gasteiger charge is -2.29. The van der Waals surface area contributed by atoms with Gasteiger partial charge in [-0.25, -0.2) is 23.0 Å². The van der Waals surface area contributed by atoms with E-state index in [9.17, 15) is 22.8 Å². The maximum atomic E-state index is 13.3. The van der Waals surface area contributed by atoms with Gasteiger partial charge in [0, 0.05) is 36.1 Å². The van der Waals surface area contributed by atoms with E-state index in [1.165, 1.54) is 42.8 Å². The van der Waals surface area contributed by atoms with Gasteiger partial charge in [0.15, 0.2) is 16.6 Å². The van der Waals surface area contributed by atoms with Crippen molar-refractivity contribution >= 4 is 50.3 Å². The van der Waals surface area contributed by atoms with E-state index >= 15 is 0 Å². The third-order valence-electron chi connectivity index (χ3n) is 7.58. The second-order valence-electron chi connectivity index (χ2n) is 11.7. The van der Waals surface area contributed by atoms with Gasteiger partial charge in [0.2, 0.25) is 0 Å². The highest BCUT2D eigenvalue weighted by Crippen LogP contribution is 2.37. The fourth-order valence-corrected chi connectivity index (χ4v) is 6.86. The molecule has 21 heteroatoms. The van der Waals surface area contributed by atoms with Gasteiger partial charge in [-0.1, -0.05) is 12.1 Å². The Kier molecular flexibility index (Phi) is 20.4. The lowest BCUT2D eigenvalue weighted by molar-refractivity contribution is -0.113. The second kappa shape index (κ2) is 25.7. The first-order valence-corrected chi connectivity index (χ1v) is 20.5. The number of esters is 1. The lowest BCUT2D eigenvalue weighted by atomic mass is 10.1. The van der Waals surface area contributed by atoms with Crippen LogP contribution in [-0.4, -0.2) is 153 Å². The Balaban J connectivity index is 0.947. The third-order valence-corrected chi connectivity index (χ3v) is 10.2. The molecule has 0 unspecified atom stereocenters. The molecule has 1 aliphatic rings. The predicted octanol–water partition coefficient (Wildman–Crippen LogP) is 2.91. The van der Waals surface area contributed by atoms with E-state index in [1.807, 2.05) is 0 Å². The van der Waals surface area contributed by atoms with Crippen LogP contribution in [0.3, 0.4) is 0 Å². The quantitative estimate of drug-likeness (QED) is 0.0820. The molecule has 3 heterocycles. The summed E-state index contributed by atoms with van der Waals surface area (Å²) >= 11 is 1.20. The van der Waals surface area contributed by atoms with E-state index in [1.54, 1.807) is 37.5 Å². The molecular formula is C37H48N4O15S2. The van der Waals surface area contributed by atoms with Crippen LogP contribution in [0.5, 0.6) is 0 Å². The number of thiazole rings is 1. The maximum Gasteiger partial charge on any atom is 0.514 e. The Morgan fingerprint density at radius 1 is 0.690 bits per heavy atom. The standard InChI is InChI=1S/C37H48N4O15S2/c1-28-26-39-36(57-28)40-34(42)32-33(30-7-3-4-8-31(30)58(45,46)41(32)2)56-37(44)55-25-23-53-21-19-51-17-15-49-13-11-47-10-12-48-14-16-50-18-20-52-22-24-54-35(43)29-6-5-9-38-27-29/h3-9,26-27H,10-25H2,1-2H3,(H,39,40,42). The van der Waals surface area contributed by atoms with Crippen molar-refractivity contribution in [3.8, 4) is 0 Å². The Hall–Kier alpha value is -4.58. The molecule has 0 saturated heterocycles. The van der Waals surface area contributed by atoms with Crippen LogP contribution in [0, 0.1) is 6.92 Å². The molecule has 1 aliphatic heterocycles. The molecule has 0 fully saturated rings. The van der Waals surface area contributed by atoms with Crippen LogP contribution in [0.2, 0.25) is 0 Å². The molecule has 0 bridgehead atoms. The van der Waals surface area contributed by atoms with Crippen LogP contribution < -0.4 is 5.32 Å². The molecule has 0 spiro atoms. The minimum absolute atomic E-state index is 0.0315. The van der Waals surface area contributed by atoms with Gasteiger partial charge >= 0.3 is 12.1 Å². The Morgan fingerprint density at radius 2 is 1.21 bits per heavy atom. The minimum atomic E-state index is -4.12. The topological polar surface area (TPSA) is 219 Å². The summed E-state index contributed by atoms with van der Waals surface area (Å²) in [5.41, 5.74) is 0.0163. The third kappa shape index (κ3) is 15.6. The Morgan fingerprint density at radius 3 is 1.71 bits per heavy atom. The van der Waals surface area contributed by atoms with Crippen LogP contribution in [0.1, 0.15) is 20.8 Å². The average Bonchev–Trinajstić information content (AvgIpc) is 3.63. The maximum absolute atomic E-state index is 13.3. The zero-order chi connectivity index (χ0) is 41.4. The number of carbonyl (C=O) groups excluding carboxylic acids is 3. The molecule has 3 aromatic rings. The van der Waals surface area contributed by atoms with Crippen molar-refractivity contribution in [3.05, 3.63) is 76.7 Å². The molecule has 1 N–H and O–H groups in total. The predicted molar refractivity (Wildman–Crippen MR) is 206 cm³/mol. The van der Waals surface area contributed by atoms with E-state index < -0.39 is 33.8 Å². The minimum Gasteiger partial charge on any atom is -0.460 e. The Bertz CT molecular complexity index is 1860. The van der Waals surface area contributed by atoms with Crippen LogP contribution in [0.25, 0.3) is 5.76 Å². The number of aromatic nitrogens is 2. The highest BCUT2D eigenvalue weighted by atomic mass is 32.2. The van der Waals surface area contributed by atoms with E-state index in [0.717, 1.165) is 9.18 Å². The molecule has 318 valence electrons. The van der Waals surface area contributed by atoms with E-state index in [0.29, 0.717) is 71.6 Å². The summed E-state index contributed by atoms with van der Waals surface area (Å²) < 4.78 is 80.9. The number of likely N-dealkylation sites (N-methyl/N-ethyl adjacent to an activating group) is 1. The summed E-state index contributed by atoms with van der Waals surface area (Å²) in [6.07, 6.45) is 3.43. The SMILES string of the molecule is Cc1cnc(NC(=O)C2=C(OC(=O)OCCOCCOCCOCCOCCOCCOCCOCCOC(=O)c3cccnc3)c3ccccc3S(=O)(=O)N2C)s1. The van der Waals surface area contributed by atoms with Gasteiger partial charge in [-0.05, 0) is 31.2 Å². The van der Waals surface area contributed by atoms with Gasteiger partial charge in [0.1, 0.15) is 13.2 Å². The van der Waals surface area contributed by atoms with E-state index in [2.05, 4.69) is 15.3 Å². The number of amides is 1. The number of sulfonamides is 1. The molecule has 1 amide bonds. The number of pyridine rings is 1. The van der Waals surface area contributed by atoms with Crippen molar-refractivity contribution in [3.63, 3.8) is 0 Å². The number of anilines is 1. The number of rotatable bonds is 28. The number of nitrogens with zero attached hydrogens (tertiary/aromatic N) is 3. The van der Waals surface area contributed by atoms with Gasteiger partial charge in [-0.2, -0.15) is 0 Å². The van der Waals surface area contributed by atoms with Crippen molar-refractivity contribution in [1.82, 2.24) is 14.3 Å². The zero-order valence-corrected chi connectivity index (χ0v) is 33.9. The summed E-state index contributed by atoms with van der Waals surface area (Å²) in [7, 11) is -2.93. The first-order valence-electron chi connectivity index (χ1n) is 18.2. The number of fused-ring (bicyclic) bond motifs is 1. The number of hydrogen-bond acceptors (Lipinski definition) is 18. The normalized spacial score (nSPS) is 13.2. The van der Waals surface area contributed by atoms with Crippen molar-refractivity contribution in [2.75, 3.05) is 118 Å². The van der Waals surface area contributed by atoms with Gasteiger partial charge in [0.05, 0.1) is 103 Å². The first-order chi connectivity index (χ1) is 28.2. The molecule has 4 rings (SSSR count). The molecule has 0 atom stereocenters. The second-order valence-corrected chi connectivity index (χ2v) is 14.9. The molecule has 19 nitrogen and oxygen atoms in total. The van der Waals surface area contributed by atoms with Crippen LogP contribution in [0.15, 0.2) is 65.6 Å². The largest absolute Gasteiger partial charge is 0.514 e. The Labute approximate surface area is 340 Å². The lowest BCUT2D eigenvalue weighted by Crippen LogP contribution is -2.38. The fourth-order valence-electron chi connectivity index (χ4n) is 4.81. The molecular weight excluding hydrogens is 805 g/mol. The number of ether oxygens (including phenoxy) is 10. The summed E-state index contributed by atoms with van der Waals surface area (Å²) in [6, 6.07) is 9.16. The number of aryl methyl sites for hydroxylation is 1. The molecule has 2 aromatic heterocycles. The highest BCUT2D eigenvalue weighted by molar-refractivity contribution is 7.89. The zero-order valence-electron chi connectivity index (χ0n) is 32.3.